The molecule has 0 bridgehead atoms. The van der Waals surface area contributed by atoms with Crippen LogP contribution in [0.15, 0.2) is 24.1 Å². The molecule has 2 heteroatoms. The van der Waals surface area contributed by atoms with Gasteiger partial charge in [0, 0.05) is 13.6 Å². The van der Waals surface area contributed by atoms with E-state index in [0.29, 0.717) is 0 Å². The van der Waals surface area contributed by atoms with Crippen molar-refractivity contribution in [3.63, 3.8) is 0 Å². The molecule has 2 nitrogen and oxygen atoms in total. The van der Waals surface area contributed by atoms with Crippen molar-refractivity contribution in [3.05, 3.63) is 24.1 Å². The summed E-state index contributed by atoms with van der Waals surface area (Å²) in [6, 6.07) is 0. The number of likely N-dealkylation sites (N-methyl/N-ethyl adjacent to an activating group) is 1. The first kappa shape index (κ1) is 8.18. The van der Waals surface area contributed by atoms with Crippen molar-refractivity contribution in [1.29, 1.82) is 0 Å². The summed E-state index contributed by atoms with van der Waals surface area (Å²) in [5.41, 5.74) is 0. The minimum absolute atomic E-state index is 0.810. The lowest BCUT2D eigenvalue weighted by Crippen LogP contribution is -2.21. The average molecular weight is 153 g/mol. The summed E-state index contributed by atoms with van der Waals surface area (Å²) >= 11 is 0. The van der Waals surface area contributed by atoms with Gasteiger partial charge in [-0.3, -0.25) is 0 Å². The van der Waals surface area contributed by atoms with Gasteiger partial charge in [0.1, 0.15) is 0 Å². The van der Waals surface area contributed by atoms with Crippen LogP contribution in [-0.2, 0) is 4.74 Å². The minimum atomic E-state index is 0.810. The molecule has 62 valence electrons. The molecular weight excluding hydrogens is 138 g/mol. The van der Waals surface area contributed by atoms with Gasteiger partial charge in [-0.05, 0) is 12.5 Å². The summed E-state index contributed by atoms with van der Waals surface area (Å²) in [6.45, 7) is 3.87. The van der Waals surface area contributed by atoms with E-state index in [1.807, 2.05) is 19.2 Å². The first-order valence-electron chi connectivity index (χ1n) is 4.05. The third-order valence-corrected chi connectivity index (χ3v) is 1.58. The molecule has 0 saturated heterocycles. The maximum Gasteiger partial charge on any atom is 0.189 e. The Balaban J connectivity index is 2.40. The topological polar surface area (TPSA) is 12.5 Å². The van der Waals surface area contributed by atoms with Gasteiger partial charge in [-0.25, -0.2) is 0 Å². The number of hydrogen-bond acceptors (Lipinski definition) is 2. The third-order valence-electron chi connectivity index (χ3n) is 1.58. The Hall–Kier alpha value is -0.920. The van der Waals surface area contributed by atoms with E-state index < -0.39 is 0 Å². The summed E-state index contributed by atoms with van der Waals surface area (Å²) in [6.07, 6.45) is 7.21. The molecule has 0 aromatic rings. The van der Waals surface area contributed by atoms with Gasteiger partial charge in [-0.2, -0.15) is 0 Å². The zero-order valence-electron chi connectivity index (χ0n) is 7.21. The molecule has 11 heavy (non-hydrogen) atoms. The number of allylic oxidation sites excluding steroid dienone is 2. The van der Waals surface area contributed by atoms with Crippen molar-refractivity contribution >= 4 is 0 Å². The van der Waals surface area contributed by atoms with E-state index in [0.717, 1.165) is 25.5 Å². The highest BCUT2D eigenvalue weighted by atomic mass is 16.5. The summed E-state index contributed by atoms with van der Waals surface area (Å²) < 4.78 is 5.48. The van der Waals surface area contributed by atoms with Crippen LogP contribution in [0, 0.1) is 0 Å². The number of nitrogens with zero attached hydrogens (tertiary/aromatic N) is 1. The molecule has 0 N–H and O–H groups in total. The third kappa shape index (κ3) is 2.30. The highest BCUT2D eigenvalue weighted by molar-refractivity contribution is 5.12. The monoisotopic (exact) mass is 153 g/mol. The summed E-state index contributed by atoms with van der Waals surface area (Å²) in [4.78, 5) is 2.09. The fourth-order valence-corrected chi connectivity index (χ4v) is 0.951. The fourth-order valence-electron chi connectivity index (χ4n) is 0.951. The van der Waals surface area contributed by atoms with Crippen molar-refractivity contribution in [1.82, 2.24) is 4.90 Å². The lowest BCUT2D eigenvalue weighted by Gasteiger charge is -2.22. The van der Waals surface area contributed by atoms with Crippen LogP contribution in [0.1, 0.15) is 13.3 Å². The van der Waals surface area contributed by atoms with Crippen LogP contribution >= 0.6 is 0 Å². The second-order valence-corrected chi connectivity index (χ2v) is 2.66. The molecule has 0 unspecified atom stereocenters. The van der Waals surface area contributed by atoms with Crippen LogP contribution in [0.25, 0.3) is 0 Å². The standard InChI is InChI=1S/C9H15NO/c1-3-8-11-9-6-4-5-7-10(9)2/h4-6H,3,7-8H2,1-2H3. The predicted octanol–water partition coefficient (Wildman–Crippen LogP) is 1.76. The van der Waals surface area contributed by atoms with E-state index in [4.69, 9.17) is 4.74 Å². The lowest BCUT2D eigenvalue weighted by atomic mass is 10.3. The second-order valence-electron chi connectivity index (χ2n) is 2.66. The van der Waals surface area contributed by atoms with E-state index in [2.05, 4.69) is 17.9 Å². The summed E-state index contributed by atoms with van der Waals surface area (Å²) in [5.74, 6) is 0.981. The number of ether oxygens (including phenoxy) is 1. The van der Waals surface area contributed by atoms with Gasteiger partial charge in [-0.1, -0.05) is 19.1 Å². The molecule has 0 atom stereocenters. The number of hydrogen-bond donors (Lipinski definition) is 0. The Labute approximate surface area is 68.1 Å². The molecule has 0 spiro atoms. The summed E-state index contributed by atoms with van der Waals surface area (Å²) in [5, 5.41) is 0. The van der Waals surface area contributed by atoms with E-state index in [1.165, 1.54) is 0 Å². The Morgan fingerprint density at radius 1 is 1.64 bits per heavy atom. The highest BCUT2D eigenvalue weighted by Crippen LogP contribution is 2.08. The van der Waals surface area contributed by atoms with Gasteiger partial charge in [-0.15, -0.1) is 0 Å². The molecule has 1 rings (SSSR count). The van der Waals surface area contributed by atoms with Crippen LogP contribution in [0.2, 0.25) is 0 Å². The van der Waals surface area contributed by atoms with E-state index in [9.17, 15) is 0 Å². The van der Waals surface area contributed by atoms with Gasteiger partial charge in [0.05, 0.1) is 6.61 Å². The molecule has 0 aromatic heterocycles. The van der Waals surface area contributed by atoms with Crippen LogP contribution in [0.4, 0.5) is 0 Å². The quantitative estimate of drug-likeness (QED) is 0.612. The molecule has 0 radical (unpaired) electrons. The van der Waals surface area contributed by atoms with Gasteiger partial charge in [0.2, 0.25) is 0 Å². The molecule has 1 aliphatic rings. The first-order valence-corrected chi connectivity index (χ1v) is 4.05. The minimum Gasteiger partial charge on any atom is -0.479 e. The Morgan fingerprint density at radius 3 is 3.09 bits per heavy atom. The van der Waals surface area contributed by atoms with E-state index in [1.54, 1.807) is 0 Å². The van der Waals surface area contributed by atoms with Crippen molar-refractivity contribution in [2.75, 3.05) is 20.2 Å². The van der Waals surface area contributed by atoms with Crippen molar-refractivity contribution in [3.8, 4) is 0 Å². The van der Waals surface area contributed by atoms with Crippen molar-refractivity contribution in [2.24, 2.45) is 0 Å². The van der Waals surface area contributed by atoms with Crippen LogP contribution in [0.5, 0.6) is 0 Å². The zero-order chi connectivity index (χ0) is 8.10. The predicted molar refractivity (Wildman–Crippen MR) is 46.1 cm³/mol. The molecule has 0 aromatic carbocycles. The van der Waals surface area contributed by atoms with Crippen molar-refractivity contribution in [2.45, 2.75) is 13.3 Å². The molecule has 0 fully saturated rings. The molecule has 0 saturated carbocycles. The van der Waals surface area contributed by atoms with E-state index >= 15 is 0 Å². The molecular formula is C9H15NO. The smallest absolute Gasteiger partial charge is 0.189 e. The lowest BCUT2D eigenvalue weighted by molar-refractivity contribution is 0.132. The zero-order valence-corrected chi connectivity index (χ0v) is 7.21. The molecule has 0 amide bonds. The van der Waals surface area contributed by atoms with Crippen LogP contribution in [0.3, 0.4) is 0 Å². The normalized spacial score (nSPS) is 16.5. The van der Waals surface area contributed by atoms with Crippen LogP contribution in [-0.4, -0.2) is 25.1 Å². The van der Waals surface area contributed by atoms with Gasteiger partial charge < -0.3 is 9.64 Å². The highest BCUT2D eigenvalue weighted by Gasteiger charge is 2.04. The molecule has 1 heterocycles. The Morgan fingerprint density at radius 2 is 2.45 bits per heavy atom. The van der Waals surface area contributed by atoms with Crippen LogP contribution < -0.4 is 0 Å². The summed E-state index contributed by atoms with van der Waals surface area (Å²) in [7, 11) is 2.03. The molecule has 0 aliphatic carbocycles. The maximum absolute atomic E-state index is 5.48. The van der Waals surface area contributed by atoms with E-state index in [-0.39, 0.29) is 0 Å². The Bertz CT molecular complexity index is 172. The van der Waals surface area contributed by atoms with Crippen molar-refractivity contribution < 1.29 is 4.74 Å². The largest absolute Gasteiger partial charge is 0.479 e. The second kappa shape index (κ2) is 4.06. The SMILES string of the molecule is CCCOC1=CC=CCN1C. The molecule has 1 aliphatic heterocycles. The van der Waals surface area contributed by atoms with Gasteiger partial charge in [0.25, 0.3) is 0 Å². The average Bonchev–Trinajstić information content (AvgIpc) is 2.03. The first-order chi connectivity index (χ1) is 5.34. The van der Waals surface area contributed by atoms with Gasteiger partial charge >= 0.3 is 0 Å². The Kier molecular flexibility index (Phi) is 3.02. The van der Waals surface area contributed by atoms with Gasteiger partial charge in [0.15, 0.2) is 5.88 Å². The number of rotatable bonds is 3. The fraction of sp³-hybridized carbons (Fsp3) is 0.556. The maximum atomic E-state index is 5.48.